The van der Waals surface area contributed by atoms with Gasteiger partial charge in [-0.2, -0.15) is 0 Å². The Morgan fingerprint density at radius 1 is 1.25 bits per heavy atom. The summed E-state index contributed by atoms with van der Waals surface area (Å²) in [5.74, 6) is 0.770. The van der Waals surface area contributed by atoms with Crippen LogP contribution in [0.15, 0.2) is 30.3 Å². The van der Waals surface area contributed by atoms with E-state index in [9.17, 15) is 0 Å². The van der Waals surface area contributed by atoms with Crippen molar-refractivity contribution in [2.45, 2.75) is 52.1 Å². The minimum atomic E-state index is 0.651. The summed E-state index contributed by atoms with van der Waals surface area (Å²) in [7, 11) is 0. The summed E-state index contributed by atoms with van der Waals surface area (Å²) in [5.41, 5.74) is 1.46. The fraction of sp³-hybridized carbons (Fsp3) is 0.667. The van der Waals surface area contributed by atoms with E-state index >= 15 is 0 Å². The maximum atomic E-state index is 3.79. The van der Waals surface area contributed by atoms with E-state index in [1.165, 1.54) is 37.9 Å². The first-order chi connectivity index (χ1) is 9.74. The molecule has 20 heavy (non-hydrogen) atoms. The molecule has 1 fully saturated rings. The van der Waals surface area contributed by atoms with Gasteiger partial charge < -0.3 is 5.32 Å². The van der Waals surface area contributed by atoms with E-state index in [-0.39, 0.29) is 0 Å². The predicted molar refractivity (Wildman–Crippen MR) is 87.0 cm³/mol. The lowest BCUT2D eigenvalue weighted by molar-refractivity contribution is 0.109. The molecule has 0 aliphatic carbocycles. The molecule has 1 aliphatic rings. The van der Waals surface area contributed by atoms with Crippen LogP contribution in [-0.2, 0) is 6.42 Å². The maximum absolute atomic E-state index is 3.79. The molecular formula is C18H30N2. The van der Waals surface area contributed by atoms with Gasteiger partial charge in [-0.15, -0.1) is 0 Å². The SMILES string of the molecule is CCCN1CC(C(C)CC)NCC1Cc1ccccc1. The van der Waals surface area contributed by atoms with Crippen molar-refractivity contribution < 1.29 is 0 Å². The number of hydrogen-bond acceptors (Lipinski definition) is 2. The Morgan fingerprint density at radius 3 is 2.65 bits per heavy atom. The molecule has 0 saturated carbocycles. The van der Waals surface area contributed by atoms with E-state index in [1.807, 2.05) is 0 Å². The zero-order valence-electron chi connectivity index (χ0n) is 13.3. The Balaban J connectivity index is 1.98. The van der Waals surface area contributed by atoms with Crippen LogP contribution in [0.1, 0.15) is 39.2 Å². The Bertz CT molecular complexity index is 376. The Hall–Kier alpha value is -0.860. The zero-order valence-corrected chi connectivity index (χ0v) is 13.3. The van der Waals surface area contributed by atoms with E-state index in [0.717, 1.165) is 12.5 Å². The van der Waals surface area contributed by atoms with Crippen molar-refractivity contribution in [1.82, 2.24) is 10.2 Å². The van der Waals surface area contributed by atoms with Gasteiger partial charge in [0.05, 0.1) is 0 Å². The van der Waals surface area contributed by atoms with Gasteiger partial charge in [0.2, 0.25) is 0 Å². The summed E-state index contributed by atoms with van der Waals surface area (Å²) in [6, 6.07) is 12.2. The second kappa shape index (κ2) is 7.80. The van der Waals surface area contributed by atoms with Crippen molar-refractivity contribution in [3.8, 4) is 0 Å². The molecule has 1 N–H and O–H groups in total. The normalized spacial score (nSPS) is 25.6. The van der Waals surface area contributed by atoms with Gasteiger partial charge in [0.25, 0.3) is 0 Å². The number of nitrogens with zero attached hydrogens (tertiary/aromatic N) is 1. The average Bonchev–Trinajstić information content (AvgIpc) is 2.49. The summed E-state index contributed by atoms with van der Waals surface area (Å²) in [6.07, 6.45) is 3.68. The number of benzene rings is 1. The Kier molecular flexibility index (Phi) is 6.06. The third-order valence-electron chi connectivity index (χ3n) is 4.72. The second-order valence-corrected chi connectivity index (χ2v) is 6.24. The monoisotopic (exact) mass is 274 g/mol. The molecule has 1 aromatic carbocycles. The van der Waals surface area contributed by atoms with Crippen LogP contribution in [0.4, 0.5) is 0 Å². The molecular weight excluding hydrogens is 244 g/mol. The molecule has 1 saturated heterocycles. The van der Waals surface area contributed by atoms with E-state index in [1.54, 1.807) is 0 Å². The van der Waals surface area contributed by atoms with Gasteiger partial charge >= 0.3 is 0 Å². The average molecular weight is 274 g/mol. The molecule has 2 nitrogen and oxygen atoms in total. The van der Waals surface area contributed by atoms with Crippen LogP contribution in [0, 0.1) is 5.92 Å². The van der Waals surface area contributed by atoms with Gasteiger partial charge in [-0.05, 0) is 30.9 Å². The molecule has 2 heteroatoms. The molecule has 0 aromatic heterocycles. The summed E-state index contributed by atoms with van der Waals surface area (Å²) >= 11 is 0. The van der Waals surface area contributed by atoms with E-state index in [4.69, 9.17) is 0 Å². The van der Waals surface area contributed by atoms with Crippen molar-refractivity contribution in [3.63, 3.8) is 0 Å². The van der Waals surface area contributed by atoms with Crippen molar-refractivity contribution in [3.05, 3.63) is 35.9 Å². The van der Waals surface area contributed by atoms with Gasteiger partial charge in [0.15, 0.2) is 0 Å². The standard InChI is InChI=1S/C18H30N2/c1-4-11-20-14-18(15(3)5-2)19-13-17(20)12-16-9-7-6-8-10-16/h6-10,15,17-19H,4-5,11-14H2,1-3H3. The highest BCUT2D eigenvalue weighted by Gasteiger charge is 2.29. The van der Waals surface area contributed by atoms with Crippen molar-refractivity contribution in [1.29, 1.82) is 0 Å². The summed E-state index contributed by atoms with van der Waals surface area (Å²) < 4.78 is 0. The molecule has 2 rings (SSSR count). The number of hydrogen-bond donors (Lipinski definition) is 1. The quantitative estimate of drug-likeness (QED) is 0.856. The van der Waals surface area contributed by atoms with Crippen LogP contribution in [0.25, 0.3) is 0 Å². The van der Waals surface area contributed by atoms with Crippen LogP contribution < -0.4 is 5.32 Å². The predicted octanol–water partition coefficient (Wildman–Crippen LogP) is 3.33. The smallest absolute Gasteiger partial charge is 0.0261 e. The lowest BCUT2D eigenvalue weighted by Crippen LogP contribution is -2.59. The zero-order chi connectivity index (χ0) is 14.4. The van der Waals surface area contributed by atoms with Crippen LogP contribution >= 0.6 is 0 Å². The van der Waals surface area contributed by atoms with E-state index in [0.29, 0.717) is 12.1 Å². The second-order valence-electron chi connectivity index (χ2n) is 6.24. The summed E-state index contributed by atoms with van der Waals surface area (Å²) in [6.45, 7) is 10.5. The van der Waals surface area contributed by atoms with Gasteiger partial charge in [-0.3, -0.25) is 4.90 Å². The lowest BCUT2D eigenvalue weighted by Gasteiger charge is -2.42. The first-order valence-electron chi connectivity index (χ1n) is 8.26. The Labute approximate surface area is 124 Å². The van der Waals surface area contributed by atoms with E-state index < -0.39 is 0 Å². The Morgan fingerprint density at radius 2 is 2.00 bits per heavy atom. The fourth-order valence-electron chi connectivity index (χ4n) is 3.20. The molecule has 1 aromatic rings. The molecule has 3 unspecified atom stereocenters. The van der Waals surface area contributed by atoms with Crippen molar-refractivity contribution >= 4 is 0 Å². The van der Waals surface area contributed by atoms with Crippen LogP contribution in [0.2, 0.25) is 0 Å². The van der Waals surface area contributed by atoms with Crippen molar-refractivity contribution in [2.24, 2.45) is 5.92 Å². The third-order valence-corrected chi connectivity index (χ3v) is 4.72. The molecule has 0 amide bonds. The topological polar surface area (TPSA) is 15.3 Å². The maximum Gasteiger partial charge on any atom is 0.0261 e. The molecule has 1 heterocycles. The first-order valence-corrected chi connectivity index (χ1v) is 8.26. The minimum Gasteiger partial charge on any atom is -0.311 e. The van der Waals surface area contributed by atoms with Crippen LogP contribution in [0.5, 0.6) is 0 Å². The highest BCUT2D eigenvalue weighted by molar-refractivity contribution is 5.16. The molecule has 0 spiro atoms. The van der Waals surface area contributed by atoms with Crippen LogP contribution in [-0.4, -0.2) is 36.6 Å². The molecule has 0 radical (unpaired) electrons. The van der Waals surface area contributed by atoms with E-state index in [2.05, 4.69) is 61.3 Å². The fourth-order valence-corrected chi connectivity index (χ4v) is 3.20. The van der Waals surface area contributed by atoms with Crippen molar-refractivity contribution in [2.75, 3.05) is 19.6 Å². The number of rotatable bonds is 6. The molecule has 0 bridgehead atoms. The first kappa shape index (κ1) is 15.5. The number of nitrogens with one attached hydrogen (secondary N) is 1. The highest BCUT2D eigenvalue weighted by Crippen LogP contribution is 2.18. The number of piperazine rings is 1. The largest absolute Gasteiger partial charge is 0.311 e. The molecule has 3 atom stereocenters. The molecule has 112 valence electrons. The van der Waals surface area contributed by atoms with Gasteiger partial charge in [0, 0.05) is 25.2 Å². The third kappa shape index (κ3) is 4.07. The minimum absolute atomic E-state index is 0.651. The highest BCUT2D eigenvalue weighted by atomic mass is 15.2. The van der Waals surface area contributed by atoms with Gasteiger partial charge in [-0.25, -0.2) is 0 Å². The van der Waals surface area contributed by atoms with Gasteiger partial charge in [0.1, 0.15) is 0 Å². The molecule has 1 aliphatic heterocycles. The van der Waals surface area contributed by atoms with Gasteiger partial charge in [-0.1, -0.05) is 57.5 Å². The lowest BCUT2D eigenvalue weighted by atomic mass is 9.93. The summed E-state index contributed by atoms with van der Waals surface area (Å²) in [4.78, 5) is 2.71. The van der Waals surface area contributed by atoms with Crippen LogP contribution in [0.3, 0.4) is 0 Å². The summed E-state index contributed by atoms with van der Waals surface area (Å²) in [5, 5.41) is 3.79.